The fraction of sp³-hybridized carbons (Fsp3) is 0.357. The Balaban J connectivity index is 1.82. The minimum Gasteiger partial charge on any atom is -0.399 e. The molecular formula is C14H18N4. The summed E-state index contributed by atoms with van der Waals surface area (Å²) in [7, 11) is 0. The summed E-state index contributed by atoms with van der Waals surface area (Å²) in [5.41, 5.74) is 8.83. The highest BCUT2D eigenvalue weighted by molar-refractivity contribution is 5.63. The lowest BCUT2D eigenvalue weighted by Gasteiger charge is -2.22. The Morgan fingerprint density at radius 2 is 1.83 bits per heavy atom. The summed E-state index contributed by atoms with van der Waals surface area (Å²) in [6, 6.07) is 8.47. The maximum Gasteiger partial charge on any atom is 0.0568 e. The number of piperidine rings is 1. The van der Waals surface area contributed by atoms with E-state index in [9.17, 15) is 0 Å². The van der Waals surface area contributed by atoms with E-state index in [1.54, 1.807) is 0 Å². The summed E-state index contributed by atoms with van der Waals surface area (Å²) in [6.45, 7) is 2.17. The monoisotopic (exact) mass is 242 g/mol. The summed E-state index contributed by atoms with van der Waals surface area (Å²) in [5.74, 6) is 0. The van der Waals surface area contributed by atoms with Crippen molar-refractivity contribution in [1.82, 2.24) is 15.1 Å². The molecular weight excluding hydrogens is 224 g/mol. The van der Waals surface area contributed by atoms with Gasteiger partial charge in [-0.2, -0.15) is 5.10 Å². The number of nitrogens with zero attached hydrogens (tertiary/aromatic N) is 2. The van der Waals surface area contributed by atoms with Crippen LogP contribution in [0.2, 0.25) is 0 Å². The molecule has 94 valence electrons. The minimum absolute atomic E-state index is 0.536. The van der Waals surface area contributed by atoms with Crippen molar-refractivity contribution in [3.8, 4) is 11.1 Å². The van der Waals surface area contributed by atoms with E-state index >= 15 is 0 Å². The summed E-state index contributed by atoms with van der Waals surface area (Å²) < 4.78 is 2.10. The quantitative estimate of drug-likeness (QED) is 0.792. The van der Waals surface area contributed by atoms with Crippen LogP contribution in [0.5, 0.6) is 0 Å². The van der Waals surface area contributed by atoms with Gasteiger partial charge in [-0.15, -0.1) is 0 Å². The molecule has 4 nitrogen and oxygen atoms in total. The lowest BCUT2D eigenvalue weighted by Crippen LogP contribution is -2.29. The zero-order chi connectivity index (χ0) is 12.4. The van der Waals surface area contributed by atoms with Gasteiger partial charge in [0.15, 0.2) is 0 Å². The fourth-order valence-electron chi connectivity index (χ4n) is 2.43. The smallest absolute Gasteiger partial charge is 0.0568 e. The van der Waals surface area contributed by atoms with E-state index in [4.69, 9.17) is 5.73 Å². The van der Waals surface area contributed by atoms with Gasteiger partial charge < -0.3 is 11.1 Å². The van der Waals surface area contributed by atoms with E-state index in [0.29, 0.717) is 6.04 Å². The molecule has 18 heavy (non-hydrogen) atoms. The third-order valence-corrected chi connectivity index (χ3v) is 3.53. The normalized spacial score (nSPS) is 16.9. The molecule has 0 amide bonds. The molecule has 2 aromatic rings. The zero-order valence-corrected chi connectivity index (χ0v) is 10.3. The number of hydrogen-bond donors (Lipinski definition) is 2. The Hall–Kier alpha value is -1.81. The number of rotatable bonds is 2. The van der Waals surface area contributed by atoms with Gasteiger partial charge in [-0.25, -0.2) is 0 Å². The van der Waals surface area contributed by atoms with E-state index in [1.807, 2.05) is 30.5 Å². The Labute approximate surface area is 107 Å². The van der Waals surface area contributed by atoms with Gasteiger partial charge in [0.2, 0.25) is 0 Å². The van der Waals surface area contributed by atoms with Gasteiger partial charge in [-0.1, -0.05) is 12.1 Å². The molecule has 0 spiro atoms. The van der Waals surface area contributed by atoms with Crippen LogP contribution in [0, 0.1) is 0 Å². The predicted octanol–water partition coefficient (Wildman–Crippen LogP) is 2.06. The SMILES string of the molecule is Nc1ccc(-c2cnn(C3CCNCC3)c2)cc1. The molecule has 1 fully saturated rings. The van der Waals surface area contributed by atoms with Crippen LogP contribution >= 0.6 is 0 Å². The molecule has 1 aromatic heterocycles. The molecule has 0 bridgehead atoms. The zero-order valence-electron chi connectivity index (χ0n) is 10.3. The van der Waals surface area contributed by atoms with Crippen molar-refractivity contribution in [3.05, 3.63) is 36.7 Å². The van der Waals surface area contributed by atoms with Gasteiger partial charge in [-0.3, -0.25) is 4.68 Å². The Bertz CT molecular complexity index is 509. The van der Waals surface area contributed by atoms with Crippen LogP contribution in [0.15, 0.2) is 36.7 Å². The van der Waals surface area contributed by atoms with Crippen molar-refractivity contribution >= 4 is 5.69 Å². The molecule has 2 heterocycles. The van der Waals surface area contributed by atoms with E-state index in [-0.39, 0.29) is 0 Å². The number of benzene rings is 1. The first kappa shape index (κ1) is 11.3. The first-order valence-corrected chi connectivity index (χ1v) is 6.44. The molecule has 1 aliphatic heterocycles. The fourth-order valence-corrected chi connectivity index (χ4v) is 2.43. The lowest BCUT2D eigenvalue weighted by molar-refractivity contribution is 0.343. The van der Waals surface area contributed by atoms with Crippen LogP contribution in [0.4, 0.5) is 5.69 Å². The molecule has 1 aromatic carbocycles. The predicted molar refractivity (Wildman–Crippen MR) is 73.2 cm³/mol. The standard InChI is InChI=1S/C14H18N4/c15-13-3-1-11(2-4-13)12-9-17-18(10-12)14-5-7-16-8-6-14/h1-4,9-10,14,16H,5-8,15H2. The van der Waals surface area contributed by atoms with E-state index < -0.39 is 0 Å². The van der Waals surface area contributed by atoms with Crippen molar-refractivity contribution in [2.75, 3.05) is 18.8 Å². The van der Waals surface area contributed by atoms with Crippen LogP contribution < -0.4 is 11.1 Å². The number of nitrogens with one attached hydrogen (secondary N) is 1. The molecule has 3 N–H and O–H groups in total. The molecule has 0 unspecified atom stereocenters. The highest BCUT2D eigenvalue weighted by atomic mass is 15.3. The molecule has 0 aliphatic carbocycles. The first-order valence-electron chi connectivity index (χ1n) is 6.44. The van der Waals surface area contributed by atoms with Crippen LogP contribution in [0.1, 0.15) is 18.9 Å². The average molecular weight is 242 g/mol. The van der Waals surface area contributed by atoms with E-state index in [2.05, 4.69) is 21.3 Å². The minimum atomic E-state index is 0.536. The van der Waals surface area contributed by atoms with Crippen molar-refractivity contribution in [2.24, 2.45) is 0 Å². The van der Waals surface area contributed by atoms with Gasteiger partial charge in [0.05, 0.1) is 12.2 Å². The van der Waals surface area contributed by atoms with Crippen LogP contribution in [0.3, 0.4) is 0 Å². The number of aromatic nitrogens is 2. The van der Waals surface area contributed by atoms with E-state index in [0.717, 1.165) is 37.2 Å². The summed E-state index contributed by atoms with van der Waals surface area (Å²) in [5, 5.41) is 7.87. The maximum absolute atomic E-state index is 5.70. The first-order chi connectivity index (χ1) is 8.83. The third-order valence-electron chi connectivity index (χ3n) is 3.53. The Morgan fingerprint density at radius 3 is 2.56 bits per heavy atom. The third kappa shape index (κ3) is 2.24. The summed E-state index contributed by atoms with van der Waals surface area (Å²) in [4.78, 5) is 0. The van der Waals surface area contributed by atoms with E-state index in [1.165, 1.54) is 5.56 Å². The molecule has 4 heteroatoms. The molecule has 0 atom stereocenters. The Morgan fingerprint density at radius 1 is 1.11 bits per heavy atom. The second-order valence-electron chi connectivity index (χ2n) is 4.81. The summed E-state index contributed by atoms with van der Waals surface area (Å²) >= 11 is 0. The van der Waals surface area contributed by atoms with Gasteiger partial charge in [0.1, 0.15) is 0 Å². The van der Waals surface area contributed by atoms with Crippen LogP contribution in [0.25, 0.3) is 11.1 Å². The molecule has 0 saturated carbocycles. The van der Waals surface area contributed by atoms with Gasteiger partial charge in [-0.05, 0) is 43.6 Å². The highest BCUT2D eigenvalue weighted by Gasteiger charge is 2.15. The molecule has 0 radical (unpaired) electrons. The van der Waals surface area contributed by atoms with Gasteiger partial charge >= 0.3 is 0 Å². The number of nitrogens with two attached hydrogens (primary N) is 1. The van der Waals surface area contributed by atoms with Gasteiger partial charge in [0.25, 0.3) is 0 Å². The van der Waals surface area contributed by atoms with Crippen molar-refractivity contribution in [2.45, 2.75) is 18.9 Å². The van der Waals surface area contributed by atoms with Crippen LogP contribution in [-0.4, -0.2) is 22.9 Å². The largest absolute Gasteiger partial charge is 0.399 e. The second kappa shape index (κ2) is 4.82. The topological polar surface area (TPSA) is 55.9 Å². The maximum atomic E-state index is 5.70. The van der Waals surface area contributed by atoms with Crippen molar-refractivity contribution in [1.29, 1.82) is 0 Å². The van der Waals surface area contributed by atoms with Crippen molar-refractivity contribution in [3.63, 3.8) is 0 Å². The summed E-state index contributed by atoms with van der Waals surface area (Å²) in [6.07, 6.45) is 6.39. The van der Waals surface area contributed by atoms with Crippen molar-refractivity contribution < 1.29 is 0 Å². The average Bonchev–Trinajstić information content (AvgIpc) is 2.90. The molecule has 3 rings (SSSR count). The lowest BCUT2D eigenvalue weighted by atomic mass is 10.1. The molecule has 1 aliphatic rings. The number of hydrogen-bond acceptors (Lipinski definition) is 3. The molecule has 1 saturated heterocycles. The highest BCUT2D eigenvalue weighted by Crippen LogP contribution is 2.23. The Kier molecular flexibility index (Phi) is 3.02. The number of nitrogen functional groups attached to an aromatic ring is 1. The van der Waals surface area contributed by atoms with Gasteiger partial charge in [0, 0.05) is 17.4 Å². The number of anilines is 1. The van der Waals surface area contributed by atoms with Crippen LogP contribution in [-0.2, 0) is 0 Å². The second-order valence-corrected chi connectivity index (χ2v) is 4.81.